The molecular formula is C13H24O4. The van der Waals surface area contributed by atoms with Crippen LogP contribution in [0.5, 0.6) is 0 Å². The van der Waals surface area contributed by atoms with Gasteiger partial charge in [0, 0.05) is 0 Å². The van der Waals surface area contributed by atoms with Crippen LogP contribution in [0.1, 0.15) is 64.2 Å². The second-order valence-corrected chi connectivity index (χ2v) is 4.54. The largest absolute Gasteiger partial charge is 0.540 e. The Balaban J connectivity index is 2.11. The number of hydrogen-bond acceptors (Lipinski definition) is 4. The summed E-state index contributed by atoms with van der Waals surface area (Å²) in [4.78, 5) is 20.3. The number of ether oxygens (including phenoxy) is 1. The first kappa shape index (κ1) is 14.3. The minimum atomic E-state index is -0.711. The van der Waals surface area contributed by atoms with Gasteiger partial charge in [-0.2, -0.15) is 4.89 Å². The van der Waals surface area contributed by atoms with Crippen molar-refractivity contribution in [3.05, 3.63) is 0 Å². The Labute approximate surface area is 104 Å². The highest BCUT2D eigenvalue weighted by molar-refractivity contribution is 5.58. The zero-order valence-corrected chi connectivity index (χ0v) is 10.6. The van der Waals surface area contributed by atoms with Gasteiger partial charge in [0.15, 0.2) is 0 Å². The molecule has 0 N–H and O–H groups in total. The van der Waals surface area contributed by atoms with Crippen LogP contribution in [-0.4, -0.2) is 19.4 Å². The number of carbonyl (C=O) groups excluding carboxylic acids is 1. The normalized spacial score (nSPS) is 22.5. The van der Waals surface area contributed by atoms with E-state index in [9.17, 15) is 4.79 Å². The third kappa shape index (κ3) is 8.98. The molecule has 0 atom stereocenters. The van der Waals surface area contributed by atoms with Gasteiger partial charge in [-0.1, -0.05) is 51.4 Å². The van der Waals surface area contributed by atoms with E-state index in [0.29, 0.717) is 13.2 Å². The molecule has 0 spiro atoms. The monoisotopic (exact) mass is 244 g/mol. The SMILES string of the molecule is O=C1OCCCCCCCCCCCCOO1. The van der Waals surface area contributed by atoms with Crippen molar-refractivity contribution in [2.75, 3.05) is 13.2 Å². The maximum absolute atomic E-state index is 11.0. The molecular weight excluding hydrogens is 220 g/mol. The Morgan fingerprint density at radius 3 is 1.71 bits per heavy atom. The fourth-order valence-electron chi connectivity index (χ4n) is 1.95. The Morgan fingerprint density at radius 1 is 0.647 bits per heavy atom. The maximum atomic E-state index is 11.0. The summed E-state index contributed by atoms with van der Waals surface area (Å²) in [6.07, 6.45) is 11.1. The summed E-state index contributed by atoms with van der Waals surface area (Å²) < 4.78 is 4.86. The van der Waals surface area contributed by atoms with Crippen molar-refractivity contribution in [2.24, 2.45) is 0 Å². The molecule has 0 aromatic heterocycles. The molecule has 1 heterocycles. The summed E-state index contributed by atoms with van der Waals surface area (Å²) >= 11 is 0. The summed E-state index contributed by atoms with van der Waals surface area (Å²) in [5.41, 5.74) is 0. The van der Waals surface area contributed by atoms with Crippen molar-refractivity contribution in [3.63, 3.8) is 0 Å². The lowest BCUT2D eigenvalue weighted by atomic mass is 10.1. The molecule has 17 heavy (non-hydrogen) atoms. The van der Waals surface area contributed by atoms with Gasteiger partial charge in [-0.25, -0.2) is 4.79 Å². The molecule has 0 unspecified atom stereocenters. The Hall–Kier alpha value is -0.770. The first-order valence-electron chi connectivity index (χ1n) is 6.86. The first-order valence-corrected chi connectivity index (χ1v) is 6.86. The molecule has 1 fully saturated rings. The summed E-state index contributed by atoms with van der Waals surface area (Å²) in [7, 11) is 0. The van der Waals surface area contributed by atoms with Gasteiger partial charge in [0.2, 0.25) is 0 Å². The molecule has 0 aromatic carbocycles. The van der Waals surface area contributed by atoms with Crippen LogP contribution in [0.3, 0.4) is 0 Å². The zero-order chi connectivity index (χ0) is 12.2. The number of carbonyl (C=O) groups is 1. The number of hydrogen-bond donors (Lipinski definition) is 0. The van der Waals surface area contributed by atoms with Crippen LogP contribution in [0.4, 0.5) is 4.79 Å². The molecule has 4 nitrogen and oxygen atoms in total. The number of rotatable bonds is 0. The molecule has 1 aliphatic heterocycles. The average molecular weight is 244 g/mol. The van der Waals surface area contributed by atoms with Gasteiger partial charge in [0.1, 0.15) is 0 Å². The molecule has 0 amide bonds. The second kappa shape index (κ2) is 10.4. The van der Waals surface area contributed by atoms with E-state index < -0.39 is 6.16 Å². The van der Waals surface area contributed by atoms with Crippen LogP contribution >= 0.6 is 0 Å². The standard InChI is InChI=1S/C13H24O4/c14-13-15-11-9-7-5-3-1-2-4-6-8-10-12-16-17-13/h1-12H2. The quantitative estimate of drug-likeness (QED) is 0.477. The minimum absolute atomic E-state index is 0.433. The Morgan fingerprint density at radius 2 is 1.12 bits per heavy atom. The van der Waals surface area contributed by atoms with Crippen molar-refractivity contribution >= 4 is 6.16 Å². The molecule has 0 saturated carbocycles. The van der Waals surface area contributed by atoms with E-state index in [2.05, 4.69) is 4.89 Å². The lowest BCUT2D eigenvalue weighted by molar-refractivity contribution is -0.255. The summed E-state index contributed by atoms with van der Waals surface area (Å²) in [6, 6.07) is 0. The highest BCUT2D eigenvalue weighted by Crippen LogP contribution is 2.11. The van der Waals surface area contributed by atoms with Gasteiger partial charge >= 0.3 is 6.16 Å². The first-order chi connectivity index (χ1) is 8.39. The summed E-state index contributed by atoms with van der Waals surface area (Å²) in [6.45, 7) is 0.900. The van der Waals surface area contributed by atoms with Crippen LogP contribution in [0.25, 0.3) is 0 Å². The highest BCUT2D eigenvalue weighted by Gasteiger charge is 2.04. The molecule has 1 aliphatic rings. The van der Waals surface area contributed by atoms with Crippen LogP contribution in [-0.2, 0) is 14.5 Å². The topological polar surface area (TPSA) is 44.8 Å². The molecule has 1 rings (SSSR count). The number of cyclic esters (lactones) is 1. The van der Waals surface area contributed by atoms with Crippen molar-refractivity contribution in [1.29, 1.82) is 0 Å². The van der Waals surface area contributed by atoms with Crippen LogP contribution in [0.2, 0.25) is 0 Å². The van der Waals surface area contributed by atoms with Gasteiger partial charge in [-0.15, -0.1) is 0 Å². The summed E-state index contributed by atoms with van der Waals surface area (Å²) in [5, 5.41) is 0. The van der Waals surface area contributed by atoms with Crippen molar-refractivity contribution in [3.8, 4) is 0 Å². The molecule has 0 aromatic rings. The Kier molecular flexibility index (Phi) is 8.73. The van der Waals surface area contributed by atoms with Gasteiger partial charge in [-0.3, -0.25) is 4.89 Å². The third-order valence-corrected chi connectivity index (χ3v) is 2.97. The van der Waals surface area contributed by atoms with E-state index in [4.69, 9.17) is 9.62 Å². The molecule has 4 heteroatoms. The van der Waals surface area contributed by atoms with Gasteiger partial charge in [0.25, 0.3) is 0 Å². The van der Waals surface area contributed by atoms with Crippen molar-refractivity contribution in [2.45, 2.75) is 64.2 Å². The second-order valence-electron chi connectivity index (χ2n) is 4.54. The van der Waals surface area contributed by atoms with Crippen LogP contribution in [0, 0.1) is 0 Å². The van der Waals surface area contributed by atoms with E-state index in [1.54, 1.807) is 0 Å². The van der Waals surface area contributed by atoms with E-state index >= 15 is 0 Å². The predicted molar refractivity (Wildman–Crippen MR) is 64.6 cm³/mol. The van der Waals surface area contributed by atoms with E-state index in [0.717, 1.165) is 25.7 Å². The fraction of sp³-hybridized carbons (Fsp3) is 0.923. The molecule has 0 bridgehead atoms. The molecule has 100 valence electrons. The van der Waals surface area contributed by atoms with Gasteiger partial charge in [0.05, 0.1) is 13.2 Å². The molecule has 0 radical (unpaired) electrons. The van der Waals surface area contributed by atoms with Gasteiger partial charge in [-0.05, 0) is 12.8 Å². The van der Waals surface area contributed by atoms with Crippen LogP contribution < -0.4 is 0 Å². The molecule has 0 aliphatic carbocycles. The van der Waals surface area contributed by atoms with Crippen LogP contribution in [0.15, 0.2) is 0 Å². The van der Waals surface area contributed by atoms with E-state index in [1.807, 2.05) is 0 Å². The average Bonchev–Trinajstić information content (AvgIpc) is 2.32. The zero-order valence-electron chi connectivity index (χ0n) is 10.6. The summed E-state index contributed by atoms with van der Waals surface area (Å²) in [5.74, 6) is 0. The smallest absolute Gasteiger partial charge is 0.432 e. The van der Waals surface area contributed by atoms with E-state index in [-0.39, 0.29) is 0 Å². The highest BCUT2D eigenvalue weighted by atomic mass is 17.2. The lowest BCUT2D eigenvalue weighted by Gasteiger charge is -2.06. The van der Waals surface area contributed by atoms with Crippen molar-refractivity contribution in [1.82, 2.24) is 0 Å². The Bertz CT molecular complexity index is 176. The van der Waals surface area contributed by atoms with Gasteiger partial charge < -0.3 is 4.74 Å². The third-order valence-electron chi connectivity index (χ3n) is 2.97. The van der Waals surface area contributed by atoms with E-state index in [1.165, 1.54) is 38.5 Å². The maximum Gasteiger partial charge on any atom is 0.540 e. The van der Waals surface area contributed by atoms with Crippen molar-refractivity contribution < 1.29 is 19.3 Å². The lowest BCUT2D eigenvalue weighted by Crippen LogP contribution is -2.09. The fourth-order valence-corrected chi connectivity index (χ4v) is 1.95. The predicted octanol–water partition coefficient (Wildman–Crippen LogP) is 3.99. The minimum Gasteiger partial charge on any atom is -0.432 e. The molecule has 1 saturated heterocycles.